The number of carbonyl (C=O) groups is 1. The van der Waals surface area contributed by atoms with E-state index >= 15 is 0 Å². The van der Waals surface area contributed by atoms with Crippen molar-refractivity contribution in [1.82, 2.24) is 9.78 Å². The normalized spacial score (nSPS) is 11.5. The molecule has 0 saturated carbocycles. The molecule has 0 amide bonds. The molecule has 0 unspecified atom stereocenters. The number of aryl methyl sites for hydroxylation is 2. The van der Waals surface area contributed by atoms with E-state index in [0.717, 1.165) is 0 Å². The van der Waals surface area contributed by atoms with Crippen molar-refractivity contribution in [2.24, 2.45) is 17.4 Å². The molecule has 0 bridgehead atoms. The third-order valence-electron chi connectivity index (χ3n) is 4.57. The van der Waals surface area contributed by atoms with Crippen LogP contribution in [0.1, 0.15) is 22.4 Å². The first-order chi connectivity index (χ1) is 16.0. The average molecular weight is 454 g/mol. The number of hydrogen-bond donors (Lipinski definition) is 0. The van der Waals surface area contributed by atoms with E-state index in [4.69, 9.17) is 19.1 Å². The Labute approximate surface area is 190 Å². The van der Waals surface area contributed by atoms with Crippen molar-refractivity contribution < 1.29 is 28.3 Å². The lowest BCUT2D eigenvalue weighted by molar-refractivity contribution is -0.132. The molecule has 1 heterocycles. The maximum Gasteiger partial charge on any atom is 0.360 e. The van der Waals surface area contributed by atoms with Crippen LogP contribution >= 0.6 is 0 Å². The summed E-state index contributed by atoms with van der Waals surface area (Å²) in [6.45, 7) is 1.81. The molecule has 33 heavy (non-hydrogen) atoms. The lowest BCUT2D eigenvalue weighted by atomic mass is 10.0. The van der Waals surface area contributed by atoms with Crippen LogP contribution in [0.5, 0.6) is 11.6 Å². The van der Waals surface area contributed by atoms with E-state index in [0.29, 0.717) is 28.3 Å². The molecular formula is C23H23FN4O5. The predicted molar refractivity (Wildman–Crippen MR) is 119 cm³/mol. The van der Waals surface area contributed by atoms with Crippen LogP contribution in [0.4, 0.5) is 4.39 Å². The van der Waals surface area contributed by atoms with Gasteiger partial charge in [-0.25, -0.2) is 13.9 Å². The Balaban J connectivity index is 1.78. The third kappa shape index (κ3) is 5.53. The molecule has 0 aliphatic rings. The predicted octanol–water partition coefficient (Wildman–Crippen LogP) is 3.73. The lowest BCUT2D eigenvalue weighted by Crippen LogP contribution is -2.19. The lowest BCUT2D eigenvalue weighted by Gasteiger charge is -2.09. The zero-order valence-corrected chi connectivity index (χ0v) is 18.6. The molecule has 9 nitrogen and oxygen atoms in total. The van der Waals surface area contributed by atoms with Crippen LogP contribution in [0.2, 0.25) is 0 Å². The molecule has 10 heteroatoms. The molecule has 172 valence electrons. The number of oxime groups is 2. The molecule has 3 rings (SSSR count). The van der Waals surface area contributed by atoms with Gasteiger partial charge in [-0.2, -0.15) is 5.10 Å². The van der Waals surface area contributed by atoms with Crippen molar-refractivity contribution in [3.05, 3.63) is 76.7 Å². The van der Waals surface area contributed by atoms with E-state index in [1.165, 1.54) is 37.2 Å². The first-order valence-electron chi connectivity index (χ1n) is 9.85. The molecular weight excluding hydrogens is 431 g/mol. The monoisotopic (exact) mass is 454 g/mol. The molecule has 0 aliphatic heterocycles. The summed E-state index contributed by atoms with van der Waals surface area (Å²) in [6, 6.07) is 13.1. The first-order valence-corrected chi connectivity index (χ1v) is 9.85. The highest BCUT2D eigenvalue weighted by Crippen LogP contribution is 2.28. The minimum atomic E-state index is -0.645. The molecule has 1 aromatic heterocycles. The molecule has 0 saturated heterocycles. The number of nitrogens with zero attached hydrogens (tertiary/aromatic N) is 4. The fourth-order valence-corrected chi connectivity index (χ4v) is 3.01. The van der Waals surface area contributed by atoms with Gasteiger partial charge >= 0.3 is 5.97 Å². The number of hydrogen-bond acceptors (Lipinski definition) is 8. The summed E-state index contributed by atoms with van der Waals surface area (Å²) >= 11 is 0. The second-order valence-electron chi connectivity index (χ2n) is 6.74. The van der Waals surface area contributed by atoms with Crippen LogP contribution in [-0.4, -0.2) is 41.9 Å². The van der Waals surface area contributed by atoms with Crippen LogP contribution in [0.15, 0.2) is 58.8 Å². The summed E-state index contributed by atoms with van der Waals surface area (Å²) in [5.41, 5.74) is 2.29. The van der Waals surface area contributed by atoms with E-state index in [1.807, 2.05) is 0 Å². The van der Waals surface area contributed by atoms with Crippen molar-refractivity contribution in [2.45, 2.75) is 13.5 Å². The number of ether oxygens (including phenoxy) is 2. The van der Waals surface area contributed by atoms with Gasteiger partial charge < -0.3 is 19.1 Å². The Bertz CT molecular complexity index is 1190. The minimum Gasteiger partial charge on any atom is -0.464 e. The van der Waals surface area contributed by atoms with Gasteiger partial charge in [-0.05, 0) is 19.1 Å². The second kappa shape index (κ2) is 10.9. The Morgan fingerprint density at radius 3 is 2.61 bits per heavy atom. The molecule has 0 spiro atoms. The molecule has 0 N–H and O–H groups in total. The van der Waals surface area contributed by atoms with Crippen LogP contribution in [0.3, 0.4) is 0 Å². The SMILES string of the molecule is CO/N=C(/C(=O)OC)c1ccccc1CO/N=C\c1c(C)nn(C)c1Oc1ccccc1F. The maximum atomic E-state index is 14.0. The van der Waals surface area contributed by atoms with Gasteiger partial charge in [-0.1, -0.05) is 46.7 Å². The Morgan fingerprint density at radius 1 is 1.15 bits per heavy atom. The van der Waals surface area contributed by atoms with Crippen molar-refractivity contribution in [3.63, 3.8) is 0 Å². The third-order valence-corrected chi connectivity index (χ3v) is 4.57. The smallest absolute Gasteiger partial charge is 0.360 e. The molecule has 2 aromatic carbocycles. The van der Waals surface area contributed by atoms with Gasteiger partial charge in [0.25, 0.3) is 0 Å². The van der Waals surface area contributed by atoms with E-state index < -0.39 is 11.8 Å². The van der Waals surface area contributed by atoms with Crippen LogP contribution in [0.25, 0.3) is 0 Å². The van der Waals surface area contributed by atoms with Crippen molar-refractivity contribution >= 4 is 17.9 Å². The number of benzene rings is 2. The summed E-state index contributed by atoms with van der Waals surface area (Å²) in [5.74, 6) is -0.761. The first kappa shape index (κ1) is 23.5. The quantitative estimate of drug-likeness (QED) is 0.278. The van der Waals surface area contributed by atoms with Gasteiger partial charge in [-0.3, -0.25) is 0 Å². The van der Waals surface area contributed by atoms with E-state index in [9.17, 15) is 9.18 Å². The summed E-state index contributed by atoms with van der Waals surface area (Å²) in [4.78, 5) is 22.3. The summed E-state index contributed by atoms with van der Waals surface area (Å²) in [5, 5.41) is 12.1. The highest BCUT2D eigenvalue weighted by molar-refractivity contribution is 6.43. The van der Waals surface area contributed by atoms with Gasteiger partial charge in [0, 0.05) is 18.2 Å². The number of aromatic nitrogens is 2. The van der Waals surface area contributed by atoms with Crippen LogP contribution in [-0.2, 0) is 32.9 Å². The van der Waals surface area contributed by atoms with Gasteiger partial charge in [0.2, 0.25) is 5.88 Å². The Kier molecular flexibility index (Phi) is 7.74. The number of carbonyl (C=O) groups excluding carboxylic acids is 1. The minimum absolute atomic E-state index is 0.00635. The number of para-hydroxylation sites is 1. The highest BCUT2D eigenvalue weighted by atomic mass is 19.1. The van der Waals surface area contributed by atoms with Crippen molar-refractivity contribution in [2.75, 3.05) is 14.2 Å². The van der Waals surface area contributed by atoms with Crippen molar-refractivity contribution in [1.29, 1.82) is 0 Å². The fourth-order valence-electron chi connectivity index (χ4n) is 3.01. The fraction of sp³-hybridized carbons (Fsp3) is 0.217. The number of methoxy groups -OCH3 is 1. The standard InChI is InChI=1S/C23H23FN4O5/c1-15-18(22(28(2)26-15)33-20-12-8-7-11-19(20)24)13-25-32-14-16-9-5-6-10-17(16)21(27-31-4)23(29)30-3/h5-13H,14H2,1-4H3/b25-13-,27-21+. The zero-order chi connectivity index (χ0) is 23.8. The average Bonchev–Trinajstić information content (AvgIpc) is 3.08. The molecule has 0 atom stereocenters. The van der Waals surface area contributed by atoms with E-state index in [1.54, 1.807) is 50.4 Å². The summed E-state index contributed by atoms with van der Waals surface area (Å²) < 4.78 is 26.0. The van der Waals surface area contributed by atoms with Crippen molar-refractivity contribution in [3.8, 4) is 11.6 Å². The second-order valence-corrected chi connectivity index (χ2v) is 6.74. The van der Waals surface area contributed by atoms with Gasteiger partial charge in [0.1, 0.15) is 13.7 Å². The largest absolute Gasteiger partial charge is 0.464 e. The van der Waals surface area contributed by atoms with Gasteiger partial charge in [-0.15, -0.1) is 0 Å². The van der Waals surface area contributed by atoms with Crippen LogP contribution < -0.4 is 4.74 Å². The number of rotatable bonds is 9. The summed E-state index contributed by atoms with van der Waals surface area (Å²) in [7, 11) is 4.28. The van der Waals surface area contributed by atoms with Gasteiger partial charge in [0.05, 0.1) is 24.6 Å². The molecule has 0 radical (unpaired) electrons. The van der Waals surface area contributed by atoms with Crippen LogP contribution in [0, 0.1) is 12.7 Å². The molecule has 0 aliphatic carbocycles. The topological polar surface area (TPSA) is 96.5 Å². The Morgan fingerprint density at radius 2 is 1.88 bits per heavy atom. The number of esters is 1. The zero-order valence-electron chi connectivity index (χ0n) is 18.6. The molecule has 3 aromatic rings. The maximum absolute atomic E-state index is 14.0. The van der Waals surface area contributed by atoms with E-state index in [2.05, 4.69) is 15.4 Å². The highest BCUT2D eigenvalue weighted by Gasteiger charge is 2.19. The number of halogens is 1. The summed E-state index contributed by atoms with van der Waals surface area (Å²) in [6.07, 6.45) is 1.44. The molecule has 0 fully saturated rings. The van der Waals surface area contributed by atoms with Gasteiger partial charge in [0.15, 0.2) is 17.3 Å². The van der Waals surface area contributed by atoms with E-state index in [-0.39, 0.29) is 18.1 Å². The Hall–Kier alpha value is -4.21.